The third-order valence-electron chi connectivity index (χ3n) is 4.92. The molecule has 0 spiro atoms. The molecule has 29 heavy (non-hydrogen) atoms. The first-order chi connectivity index (χ1) is 14.2. The van der Waals surface area contributed by atoms with Crippen molar-refractivity contribution in [2.75, 3.05) is 5.32 Å². The van der Waals surface area contributed by atoms with Crippen molar-refractivity contribution >= 4 is 22.9 Å². The number of pyridine rings is 1. The second kappa shape index (κ2) is 7.08. The Kier molecular flexibility index (Phi) is 4.27. The first-order valence-electron chi connectivity index (χ1n) is 9.47. The van der Waals surface area contributed by atoms with Gasteiger partial charge >= 0.3 is 0 Å². The molecule has 1 saturated carbocycles. The van der Waals surface area contributed by atoms with Gasteiger partial charge in [-0.2, -0.15) is 14.6 Å². The number of H-pyrrole nitrogens is 1. The Hall–Kier alpha value is -3.62. The van der Waals surface area contributed by atoms with Gasteiger partial charge in [0.1, 0.15) is 5.52 Å². The minimum absolute atomic E-state index is 0.135. The predicted octanol–water partition coefficient (Wildman–Crippen LogP) is 3.42. The molecule has 8 nitrogen and oxygen atoms in total. The van der Waals surface area contributed by atoms with Crippen LogP contribution in [0.3, 0.4) is 0 Å². The largest absolute Gasteiger partial charge is 0.322 e. The number of aryl methyl sites for hydroxylation is 1. The molecule has 0 radical (unpaired) electrons. The second-order valence-corrected chi connectivity index (χ2v) is 7.12. The van der Waals surface area contributed by atoms with Crippen molar-refractivity contribution in [3.63, 3.8) is 0 Å². The molecule has 0 atom stereocenters. The van der Waals surface area contributed by atoms with Crippen LogP contribution in [0.1, 0.15) is 47.1 Å². The molecule has 0 aromatic carbocycles. The monoisotopic (exact) mass is 391 g/mol. The SMILES string of the molecule is O=C(CCc1nc(Nc2cc(C3CC3)[nH]n2)c2cccn2n1)c1ccc(F)nc1. The summed E-state index contributed by atoms with van der Waals surface area (Å²) in [4.78, 5) is 20.5. The van der Waals surface area contributed by atoms with E-state index in [9.17, 15) is 9.18 Å². The number of hydrogen-bond acceptors (Lipinski definition) is 6. The number of nitrogens with one attached hydrogen (secondary N) is 2. The number of halogens is 1. The van der Waals surface area contributed by atoms with Gasteiger partial charge in [-0.15, -0.1) is 0 Å². The molecule has 1 aliphatic rings. The standard InChI is InChI=1S/C20H18FN7O/c21-17-7-5-13(11-22-17)16(29)6-8-18-23-20(15-2-1-9-28(15)27-18)24-19-10-14(25-26-19)12-3-4-12/h1-2,5,7,9-12H,3-4,6,8H2,(H2,23,24,25,26,27). The summed E-state index contributed by atoms with van der Waals surface area (Å²) in [6.45, 7) is 0. The van der Waals surface area contributed by atoms with Gasteiger partial charge in [-0.05, 0) is 37.1 Å². The molecule has 146 valence electrons. The minimum Gasteiger partial charge on any atom is -0.322 e. The first-order valence-corrected chi connectivity index (χ1v) is 9.47. The van der Waals surface area contributed by atoms with Gasteiger partial charge in [0.25, 0.3) is 0 Å². The third kappa shape index (κ3) is 3.71. The van der Waals surface area contributed by atoms with Gasteiger partial charge in [0, 0.05) is 48.5 Å². The summed E-state index contributed by atoms with van der Waals surface area (Å²) in [6.07, 6.45) is 6.02. The predicted molar refractivity (Wildman–Crippen MR) is 104 cm³/mol. The summed E-state index contributed by atoms with van der Waals surface area (Å²) in [7, 11) is 0. The Labute approximate surface area is 165 Å². The van der Waals surface area contributed by atoms with Crippen molar-refractivity contribution in [3.8, 4) is 0 Å². The zero-order valence-electron chi connectivity index (χ0n) is 15.5. The quantitative estimate of drug-likeness (QED) is 0.370. The van der Waals surface area contributed by atoms with Gasteiger partial charge in [-0.1, -0.05) is 0 Å². The van der Waals surface area contributed by atoms with Crippen molar-refractivity contribution in [2.24, 2.45) is 0 Å². The summed E-state index contributed by atoms with van der Waals surface area (Å²) < 4.78 is 14.7. The van der Waals surface area contributed by atoms with Gasteiger partial charge in [0.15, 0.2) is 23.2 Å². The van der Waals surface area contributed by atoms with Crippen LogP contribution in [0.25, 0.3) is 5.52 Å². The highest BCUT2D eigenvalue weighted by molar-refractivity contribution is 5.95. The smallest absolute Gasteiger partial charge is 0.212 e. The summed E-state index contributed by atoms with van der Waals surface area (Å²) in [5, 5.41) is 15.1. The first kappa shape index (κ1) is 17.5. The van der Waals surface area contributed by atoms with Gasteiger partial charge in [0.2, 0.25) is 5.95 Å². The van der Waals surface area contributed by atoms with Gasteiger partial charge < -0.3 is 5.32 Å². The molecule has 1 aliphatic carbocycles. The number of fused-ring (bicyclic) bond motifs is 1. The maximum Gasteiger partial charge on any atom is 0.212 e. The lowest BCUT2D eigenvalue weighted by atomic mass is 10.1. The Morgan fingerprint density at radius 2 is 2.21 bits per heavy atom. The Balaban J connectivity index is 1.35. The topological polar surface area (TPSA) is 101 Å². The summed E-state index contributed by atoms with van der Waals surface area (Å²) in [5.41, 5.74) is 2.32. The van der Waals surface area contributed by atoms with E-state index < -0.39 is 5.95 Å². The fraction of sp³-hybridized carbons (Fsp3) is 0.250. The summed E-state index contributed by atoms with van der Waals surface area (Å²) in [5.74, 6) is 1.70. The van der Waals surface area contributed by atoms with E-state index in [1.165, 1.54) is 31.2 Å². The number of anilines is 2. The molecule has 4 aromatic heterocycles. The molecule has 4 heterocycles. The number of aromatic amines is 1. The van der Waals surface area contributed by atoms with Crippen molar-refractivity contribution in [1.82, 2.24) is 29.8 Å². The average Bonchev–Trinajstić information content (AvgIpc) is 3.28. The highest BCUT2D eigenvalue weighted by Gasteiger charge is 2.25. The van der Waals surface area contributed by atoms with E-state index in [1.54, 1.807) is 4.52 Å². The Morgan fingerprint density at radius 3 is 3.00 bits per heavy atom. The lowest BCUT2D eigenvalue weighted by Crippen LogP contribution is -2.09. The minimum atomic E-state index is -0.609. The summed E-state index contributed by atoms with van der Waals surface area (Å²) >= 11 is 0. The van der Waals surface area contributed by atoms with Gasteiger partial charge in [-0.3, -0.25) is 9.89 Å². The molecule has 0 bridgehead atoms. The normalized spacial score (nSPS) is 13.7. The maximum absolute atomic E-state index is 12.9. The van der Waals surface area contributed by atoms with Crippen LogP contribution in [0.4, 0.5) is 16.0 Å². The fourth-order valence-electron chi connectivity index (χ4n) is 3.21. The van der Waals surface area contributed by atoms with E-state index in [1.807, 2.05) is 24.4 Å². The molecule has 5 rings (SSSR count). The molecular weight excluding hydrogens is 373 g/mol. The second-order valence-electron chi connectivity index (χ2n) is 7.12. The third-order valence-corrected chi connectivity index (χ3v) is 4.92. The van der Waals surface area contributed by atoms with Crippen LogP contribution in [0.5, 0.6) is 0 Å². The van der Waals surface area contributed by atoms with Gasteiger partial charge in [0.05, 0.1) is 0 Å². The van der Waals surface area contributed by atoms with Crippen LogP contribution in [0.2, 0.25) is 0 Å². The number of nitrogens with zero attached hydrogens (tertiary/aromatic N) is 5. The molecule has 4 aromatic rings. The van der Waals surface area contributed by atoms with Crippen molar-refractivity contribution in [2.45, 2.75) is 31.6 Å². The molecule has 2 N–H and O–H groups in total. The number of Topliss-reactive ketones (excluding diaryl/α,β-unsaturated/α-hetero) is 1. The zero-order valence-corrected chi connectivity index (χ0v) is 15.5. The van der Waals surface area contributed by atoms with Crippen LogP contribution < -0.4 is 5.32 Å². The Morgan fingerprint density at radius 1 is 1.31 bits per heavy atom. The highest BCUT2D eigenvalue weighted by atomic mass is 19.1. The van der Waals surface area contributed by atoms with E-state index in [-0.39, 0.29) is 12.2 Å². The van der Waals surface area contributed by atoms with E-state index in [0.717, 1.165) is 11.2 Å². The zero-order chi connectivity index (χ0) is 19.8. The van der Waals surface area contributed by atoms with Crippen molar-refractivity contribution in [1.29, 1.82) is 0 Å². The molecular formula is C20H18FN7O. The van der Waals surface area contributed by atoms with Crippen LogP contribution in [-0.4, -0.2) is 35.6 Å². The van der Waals surface area contributed by atoms with Crippen LogP contribution in [-0.2, 0) is 6.42 Å². The number of carbonyl (C=O) groups is 1. The molecule has 0 aliphatic heterocycles. The lowest BCUT2D eigenvalue weighted by Gasteiger charge is -2.08. The molecule has 0 saturated heterocycles. The number of hydrogen-bond donors (Lipinski definition) is 2. The number of ketones is 1. The van der Waals surface area contributed by atoms with E-state index in [4.69, 9.17) is 0 Å². The maximum atomic E-state index is 12.9. The number of carbonyl (C=O) groups excluding carboxylic acids is 1. The number of aromatic nitrogens is 6. The number of rotatable bonds is 7. The van der Waals surface area contributed by atoms with Crippen LogP contribution in [0.15, 0.2) is 42.7 Å². The van der Waals surface area contributed by atoms with E-state index in [0.29, 0.717) is 35.4 Å². The summed E-state index contributed by atoms with van der Waals surface area (Å²) in [6, 6.07) is 8.41. The molecule has 9 heteroatoms. The highest BCUT2D eigenvalue weighted by Crippen LogP contribution is 2.39. The fourth-order valence-corrected chi connectivity index (χ4v) is 3.21. The Bertz CT molecular complexity index is 1180. The van der Waals surface area contributed by atoms with Crippen molar-refractivity contribution in [3.05, 3.63) is 65.8 Å². The van der Waals surface area contributed by atoms with Crippen molar-refractivity contribution < 1.29 is 9.18 Å². The average molecular weight is 391 g/mol. The van der Waals surface area contributed by atoms with E-state index in [2.05, 4.69) is 30.6 Å². The molecule has 0 amide bonds. The van der Waals surface area contributed by atoms with Crippen LogP contribution >= 0.6 is 0 Å². The van der Waals surface area contributed by atoms with E-state index >= 15 is 0 Å². The lowest BCUT2D eigenvalue weighted by molar-refractivity contribution is 0.0981. The van der Waals surface area contributed by atoms with Crippen LogP contribution in [0, 0.1) is 5.95 Å². The molecule has 0 unspecified atom stereocenters. The van der Waals surface area contributed by atoms with Gasteiger partial charge in [-0.25, -0.2) is 14.5 Å². The molecule has 1 fully saturated rings.